The van der Waals surface area contributed by atoms with Crippen LogP contribution in [0.5, 0.6) is 0 Å². The van der Waals surface area contributed by atoms with Gasteiger partial charge in [-0.2, -0.15) is 0 Å². The lowest BCUT2D eigenvalue weighted by atomic mass is 10.0. The van der Waals surface area contributed by atoms with Gasteiger partial charge >= 0.3 is 0 Å². The second-order valence-electron chi connectivity index (χ2n) is 11.9. The lowest BCUT2D eigenvalue weighted by Crippen LogP contribution is -2.28. The third-order valence-corrected chi connectivity index (χ3v) is 8.35. The monoisotopic (exact) mass is 538 g/mol. The van der Waals surface area contributed by atoms with Gasteiger partial charge < -0.3 is 4.90 Å². The van der Waals surface area contributed by atoms with Gasteiger partial charge in [-0.05, 0) is 38.4 Å². The lowest BCUT2D eigenvalue weighted by Gasteiger charge is -2.22. The second-order valence-corrected chi connectivity index (χ2v) is 11.9. The summed E-state index contributed by atoms with van der Waals surface area (Å²) in [7, 11) is 0. The molecule has 0 saturated carbocycles. The number of benzene rings is 1. The maximum atomic E-state index is 4.46. The van der Waals surface area contributed by atoms with E-state index in [-0.39, 0.29) is 0 Å². The van der Waals surface area contributed by atoms with Crippen LogP contribution in [-0.2, 0) is 6.42 Å². The fourth-order valence-corrected chi connectivity index (χ4v) is 5.73. The predicted molar refractivity (Wildman–Crippen MR) is 170 cm³/mol. The Kier molecular flexibility index (Phi) is 19.8. The number of H-pyrrole nitrogens is 1. The van der Waals surface area contributed by atoms with Crippen LogP contribution in [0.2, 0.25) is 0 Å². The first-order valence-electron chi connectivity index (χ1n) is 16.9. The van der Waals surface area contributed by atoms with E-state index in [1.165, 1.54) is 158 Å². The molecule has 0 spiro atoms. The smallest absolute Gasteiger partial charge is 0.116 e. The molecule has 0 aliphatic rings. The van der Waals surface area contributed by atoms with Crippen molar-refractivity contribution in [3.8, 4) is 11.3 Å². The van der Waals surface area contributed by atoms with Gasteiger partial charge in [0.15, 0.2) is 0 Å². The normalized spacial score (nSPS) is 11.6. The van der Waals surface area contributed by atoms with Crippen molar-refractivity contribution in [1.82, 2.24) is 20.3 Å². The molecule has 0 aliphatic heterocycles. The van der Waals surface area contributed by atoms with Crippen LogP contribution in [0.1, 0.15) is 154 Å². The molecule has 0 saturated heterocycles. The van der Waals surface area contributed by atoms with Crippen molar-refractivity contribution in [1.29, 1.82) is 0 Å². The zero-order chi connectivity index (χ0) is 27.8. The fourth-order valence-electron chi connectivity index (χ4n) is 5.73. The number of hydrogen-bond donors (Lipinski definition) is 1. The molecule has 1 aromatic carbocycles. The summed E-state index contributed by atoms with van der Waals surface area (Å²) < 4.78 is 0. The minimum absolute atomic E-state index is 0.992. The first-order chi connectivity index (χ1) is 19.3. The van der Waals surface area contributed by atoms with Crippen molar-refractivity contribution in [2.24, 2.45) is 0 Å². The zero-order valence-electron chi connectivity index (χ0n) is 26.1. The lowest BCUT2D eigenvalue weighted by molar-refractivity contribution is 0.262. The maximum Gasteiger partial charge on any atom is 0.116 e. The standard InChI is InChI=1S/C35H62N4/c1-4-6-8-10-12-14-16-18-20-24-29-39(30-25-21-19-17-15-13-11-9-7-5-2)31-28-34-35(37-38-36-34)33-27-23-22-26-32(33)3/h22-23,26-27H,4-21,24-25,28-31H2,1-3H3,(H,36,37,38). The van der Waals surface area contributed by atoms with Gasteiger partial charge in [0.1, 0.15) is 5.69 Å². The van der Waals surface area contributed by atoms with Gasteiger partial charge in [-0.15, -0.1) is 5.10 Å². The summed E-state index contributed by atoms with van der Waals surface area (Å²) in [5.74, 6) is 0. The van der Waals surface area contributed by atoms with E-state index in [1.54, 1.807) is 0 Å². The molecule has 0 aliphatic carbocycles. The topological polar surface area (TPSA) is 44.8 Å². The van der Waals surface area contributed by atoms with Gasteiger partial charge in [0.05, 0.1) is 5.69 Å². The Morgan fingerprint density at radius 3 is 1.54 bits per heavy atom. The van der Waals surface area contributed by atoms with E-state index in [0.29, 0.717) is 0 Å². The minimum atomic E-state index is 0.992. The van der Waals surface area contributed by atoms with Crippen LogP contribution < -0.4 is 0 Å². The molecule has 1 aromatic heterocycles. The average Bonchev–Trinajstić information content (AvgIpc) is 3.41. The van der Waals surface area contributed by atoms with Gasteiger partial charge in [0.25, 0.3) is 0 Å². The third-order valence-electron chi connectivity index (χ3n) is 8.35. The van der Waals surface area contributed by atoms with Gasteiger partial charge in [-0.1, -0.05) is 159 Å². The molecule has 4 nitrogen and oxygen atoms in total. The zero-order valence-corrected chi connectivity index (χ0v) is 26.1. The third kappa shape index (κ3) is 15.6. The van der Waals surface area contributed by atoms with Gasteiger partial charge in [0, 0.05) is 18.5 Å². The van der Waals surface area contributed by atoms with E-state index in [0.717, 1.165) is 18.7 Å². The molecule has 0 fully saturated rings. The fraction of sp³-hybridized carbons (Fsp3) is 0.771. The van der Waals surface area contributed by atoms with E-state index in [2.05, 4.69) is 65.3 Å². The Morgan fingerprint density at radius 1 is 0.590 bits per heavy atom. The van der Waals surface area contributed by atoms with Crippen LogP contribution in [0.15, 0.2) is 24.3 Å². The van der Waals surface area contributed by atoms with Gasteiger partial charge in [-0.3, -0.25) is 5.10 Å². The number of nitrogens with zero attached hydrogens (tertiary/aromatic N) is 3. The van der Waals surface area contributed by atoms with Crippen LogP contribution in [0.4, 0.5) is 0 Å². The molecular formula is C35H62N4. The van der Waals surface area contributed by atoms with Crippen LogP contribution in [-0.4, -0.2) is 39.9 Å². The summed E-state index contributed by atoms with van der Waals surface area (Å²) in [4.78, 5) is 2.72. The molecule has 0 bridgehead atoms. The number of aryl methyl sites for hydroxylation is 1. The maximum absolute atomic E-state index is 4.46. The first kappa shape index (κ1) is 33.5. The highest BCUT2D eigenvalue weighted by molar-refractivity contribution is 5.65. The minimum Gasteiger partial charge on any atom is -0.303 e. The number of hydrogen-bond acceptors (Lipinski definition) is 3. The molecular weight excluding hydrogens is 476 g/mol. The van der Waals surface area contributed by atoms with Crippen molar-refractivity contribution < 1.29 is 0 Å². The predicted octanol–water partition coefficient (Wildman–Crippen LogP) is 10.5. The van der Waals surface area contributed by atoms with Crippen molar-refractivity contribution in [2.75, 3.05) is 19.6 Å². The molecule has 2 rings (SSSR count). The number of rotatable bonds is 26. The van der Waals surface area contributed by atoms with Gasteiger partial charge in [0.2, 0.25) is 0 Å². The van der Waals surface area contributed by atoms with Crippen LogP contribution in [0.25, 0.3) is 11.3 Å². The summed E-state index contributed by atoms with van der Waals surface area (Å²) >= 11 is 0. The number of aromatic nitrogens is 3. The van der Waals surface area contributed by atoms with Crippen molar-refractivity contribution in [3.05, 3.63) is 35.5 Å². The number of unbranched alkanes of at least 4 members (excludes halogenated alkanes) is 18. The Bertz CT molecular complexity index is 790. The average molecular weight is 539 g/mol. The molecule has 222 valence electrons. The highest BCUT2D eigenvalue weighted by atomic mass is 15.3. The van der Waals surface area contributed by atoms with E-state index < -0.39 is 0 Å². The molecule has 0 atom stereocenters. The van der Waals surface area contributed by atoms with Crippen molar-refractivity contribution in [3.63, 3.8) is 0 Å². The summed E-state index contributed by atoms with van der Waals surface area (Å²) in [6.07, 6.45) is 29.1. The van der Waals surface area contributed by atoms with Crippen LogP contribution in [0.3, 0.4) is 0 Å². The summed E-state index contributed by atoms with van der Waals surface area (Å²) in [5, 5.41) is 11.9. The quantitative estimate of drug-likeness (QED) is 0.121. The highest BCUT2D eigenvalue weighted by Crippen LogP contribution is 2.24. The van der Waals surface area contributed by atoms with Crippen molar-refractivity contribution in [2.45, 2.75) is 156 Å². The second kappa shape index (κ2) is 23.1. The van der Waals surface area contributed by atoms with Crippen molar-refractivity contribution >= 4 is 0 Å². The molecule has 1 N–H and O–H groups in total. The Hall–Kier alpha value is -1.68. The molecule has 39 heavy (non-hydrogen) atoms. The Morgan fingerprint density at radius 2 is 1.05 bits per heavy atom. The summed E-state index contributed by atoms with van der Waals surface area (Å²) in [5.41, 5.74) is 4.68. The van der Waals surface area contributed by atoms with E-state index in [1.807, 2.05) is 0 Å². The summed E-state index contributed by atoms with van der Waals surface area (Å²) in [6, 6.07) is 8.53. The van der Waals surface area contributed by atoms with Crippen LogP contribution >= 0.6 is 0 Å². The Labute approximate surface area is 242 Å². The molecule has 4 heteroatoms. The van der Waals surface area contributed by atoms with Crippen LogP contribution in [0, 0.1) is 6.92 Å². The largest absolute Gasteiger partial charge is 0.303 e. The van der Waals surface area contributed by atoms with E-state index in [9.17, 15) is 0 Å². The molecule has 2 aromatic rings. The highest BCUT2D eigenvalue weighted by Gasteiger charge is 2.13. The summed E-state index contributed by atoms with van der Waals surface area (Å²) in [6.45, 7) is 10.3. The van der Waals surface area contributed by atoms with E-state index >= 15 is 0 Å². The first-order valence-corrected chi connectivity index (χ1v) is 16.9. The number of aromatic amines is 1. The molecule has 0 amide bonds. The SMILES string of the molecule is CCCCCCCCCCCCN(CCCCCCCCCCCC)CCc1[nH]nnc1-c1ccccc1C. The molecule has 1 heterocycles. The van der Waals surface area contributed by atoms with Gasteiger partial charge in [-0.25, -0.2) is 0 Å². The molecule has 0 radical (unpaired) electrons. The molecule has 0 unspecified atom stereocenters. The Balaban J connectivity index is 1.72. The number of nitrogens with one attached hydrogen (secondary N) is 1. The van der Waals surface area contributed by atoms with E-state index in [4.69, 9.17) is 0 Å².